The second kappa shape index (κ2) is 5.48. The van der Waals surface area contributed by atoms with Crippen LogP contribution in [0.5, 0.6) is 11.5 Å². The van der Waals surface area contributed by atoms with E-state index in [2.05, 4.69) is 28.6 Å². The van der Waals surface area contributed by atoms with E-state index in [1.165, 1.54) is 0 Å². The molecule has 0 spiro atoms. The van der Waals surface area contributed by atoms with Crippen LogP contribution in [0.4, 0.5) is 5.82 Å². The summed E-state index contributed by atoms with van der Waals surface area (Å²) in [6, 6.07) is 3.04. The highest BCUT2D eigenvalue weighted by atomic mass is 16.5. The summed E-state index contributed by atoms with van der Waals surface area (Å²) in [6.07, 6.45) is 2.82. The standard InChI is InChI=1S/C15H23N3O2/c1-11(2)17-5-6-18-12(10-17)4-7-20-14-8-13(19-3)9-16-15(14)18/h8-9,11-12H,4-7,10H2,1-3H3/t12-/m0/s1. The average molecular weight is 277 g/mol. The molecule has 5 heteroatoms. The molecule has 1 fully saturated rings. The molecule has 0 radical (unpaired) electrons. The highest BCUT2D eigenvalue weighted by Gasteiger charge is 2.32. The molecule has 1 aromatic heterocycles. The van der Waals surface area contributed by atoms with Crippen LogP contribution in [0.3, 0.4) is 0 Å². The third kappa shape index (κ3) is 2.42. The van der Waals surface area contributed by atoms with Crippen molar-refractivity contribution < 1.29 is 9.47 Å². The van der Waals surface area contributed by atoms with Gasteiger partial charge in [-0.05, 0) is 13.8 Å². The lowest BCUT2D eigenvalue weighted by molar-refractivity contribution is 0.172. The lowest BCUT2D eigenvalue weighted by Crippen LogP contribution is -2.55. The zero-order chi connectivity index (χ0) is 14.1. The molecule has 0 amide bonds. The van der Waals surface area contributed by atoms with Crippen molar-refractivity contribution in [3.8, 4) is 11.5 Å². The van der Waals surface area contributed by atoms with Crippen molar-refractivity contribution >= 4 is 5.82 Å². The van der Waals surface area contributed by atoms with E-state index in [0.29, 0.717) is 12.1 Å². The highest BCUT2D eigenvalue weighted by Crippen LogP contribution is 2.35. The Morgan fingerprint density at radius 3 is 3.00 bits per heavy atom. The number of anilines is 1. The van der Waals surface area contributed by atoms with Crippen LogP contribution in [-0.4, -0.2) is 55.3 Å². The first kappa shape index (κ1) is 13.5. The van der Waals surface area contributed by atoms with Crippen LogP contribution in [0.1, 0.15) is 20.3 Å². The first-order chi connectivity index (χ1) is 9.69. The number of piperazine rings is 1. The maximum Gasteiger partial charge on any atom is 0.171 e. The van der Waals surface area contributed by atoms with E-state index in [9.17, 15) is 0 Å². The zero-order valence-corrected chi connectivity index (χ0v) is 12.5. The normalized spacial score (nSPS) is 22.8. The number of aromatic nitrogens is 1. The number of fused-ring (bicyclic) bond motifs is 3. The number of hydrogen-bond acceptors (Lipinski definition) is 5. The largest absolute Gasteiger partial charge is 0.495 e. The Kier molecular flexibility index (Phi) is 3.70. The van der Waals surface area contributed by atoms with Crippen LogP contribution in [0, 0.1) is 0 Å². The molecule has 2 aliphatic rings. The van der Waals surface area contributed by atoms with Crippen molar-refractivity contribution in [1.29, 1.82) is 0 Å². The van der Waals surface area contributed by atoms with Crippen molar-refractivity contribution in [2.45, 2.75) is 32.4 Å². The predicted octanol–water partition coefficient (Wildman–Crippen LogP) is 1.77. The molecule has 20 heavy (non-hydrogen) atoms. The summed E-state index contributed by atoms with van der Waals surface area (Å²) in [6.45, 7) is 8.46. The number of pyridine rings is 1. The second-order valence-corrected chi connectivity index (χ2v) is 5.77. The Morgan fingerprint density at radius 1 is 1.40 bits per heavy atom. The molecule has 1 saturated heterocycles. The van der Waals surface area contributed by atoms with Gasteiger partial charge < -0.3 is 14.4 Å². The van der Waals surface area contributed by atoms with Crippen molar-refractivity contribution in [3.05, 3.63) is 12.3 Å². The van der Waals surface area contributed by atoms with Gasteiger partial charge in [-0.3, -0.25) is 4.90 Å². The van der Waals surface area contributed by atoms with Crippen molar-refractivity contribution in [3.63, 3.8) is 0 Å². The third-order valence-electron chi connectivity index (χ3n) is 4.27. The van der Waals surface area contributed by atoms with Crippen molar-refractivity contribution in [2.75, 3.05) is 38.3 Å². The third-order valence-corrected chi connectivity index (χ3v) is 4.27. The highest BCUT2D eigenvalue weighted by molar-refractivity contribution is 5.56. The van der Waals surface area contributed by atoms with Crippen LogP contribution in [-0.2, 0) is 0 Å². The van der Waals surface area contributed by atoms with Gasteiger partial charge >= 0.3 is 0 Å². The van der Waals surface area contributed by atoms with E-state index in [4.69, 9.17) is 9.47 Å². The molecule has 2 aliphatic heterocycles. The van der Waals surface area contributed by atoms with E-state index >= 15 is 0 Å². The molecule has 0 bridgehead atoms. The molecule has 3 heterocycles. The summed E-state index contributed by atoms with van der Waals surface area (Å²) < 4.78 is 11.1. The molecule has 0 aromatic carbocycles. The van der Waals surface area contributed by atoms with E-state index in [1.54, 1.807) is 13.3 Å². The summed E-state index contributed by atoms with van der Waals surface area (Å²) >= 11 is 0. The quantitative estimate of drug-likeness (QED) is 0.823. The fraction of sp³-hybridized carbons (Fsp3) is 0.667. The minimum atomic E-state index is 0.494. The monoisotopic (exact) mass is 277 g/mol. The average Bonchev–Trinajstić information content (AvgIpc) is 2.64. The number of methoxy groups -OCH3 is 1. The Hall–Kier alpha value is -1.49. The lowest BCUT2D eigenvalue weighted by atomic mass is 10.1. The van der Waals surface area contributed by atoms with Crippen LogP contribution in [0.2, 0.25) is 0 Å². The molecule has 1 atom stereocenters. The summed E-state index contributed by atoms with van der Waals surface area (Å²) in [5, 5.41) is 0. The van der Waals surface area contributed by atoms with Gasteiger partial charge in [0.05, 0.1) is 19.9 Å². The van der Waals surface area contributed by atoms with E-state index in [1.807, 2.05) is 6.07 Å². The molecular formula is C15H23N3O2. The maximum absolute atomic E-state index is 5.88. The van der Waals surface area contributed by atoms with Gasteiger partial charge in [-0.25, -0.2) is 4.98 Å². The van der Waals surface area contributed by atoms with Crippen LogP contribution < -0.4 is 14.4 Å². The first-order valence-corrected chi connectivity index (χ1v) is 7.36. The number of nitrogens with zero attached hydrogens (tertiary/aromatic N) is 3. The van der Waals surface area contributed by atoms with E-state index in [-0.39, 0.29) is 0 Å². The number of ether oxygens (including phenoxy) is 2. The second-order valence-electron chi connectivity index (χ2n) is 5.77. The molecule has 0 saturated carbocycles. The zero-order valence-electron chi connectivity index (χ0n) is 12.5. The van der Waals surface area contributed by atoms with Gasteiger partial charge in [0, 0.05) is 44.2 Å². The molecule has 5 nitrogen and oxygen atoms in total. The minimum Gasteiger partial charge on any atom is -0.495 e. The summed E-state index contributed by atoms with van der Waals surface area (Å²) in [5.41, 5.74) is 0. The molecule has 0 unspecified atom stereocenters. The van der Waals surface area contributed by atoms with Gasteiger partial charge in [-0.15, -0.1) is 0 Å². The summed E-state index contributed by atoms with van der Waals surface area (Å²) in [7, 11) is 1.66. The number of rotatable bonds is 2. The first-order valence-electron chi connectivity index (χ1n) is 7.36. The van der Waals surface area contributed by atoms with Gasteiger partial charge in [0.2, 0.25) is 0 Å². The van der Waals surface area contributed by atoms with E-state index in [0.717, 1.165) is 50.0 Å². The Bertz CT molecular complexity index is 478. The Labute approximate surface area is 120 Å². The van der Waals surface area contributed by atoms with Crippen LogP contribution in [0.15, 0.2) is 12.3 Å². The van der Waals surface area contributed by atoms with E-state index < -0.39 is 0 Å². The Morgan fingerprint density at radius 2 is 2.25 bits per heavy atom. The minimum absolute atomic E-state index is 0.494. The van der Waals surface area contributed by atoms with Crippen LogP contribution in [0.25, 0.3) is 0 Å². The SMILES string of the molecule is COc1cnc2c(c1)OCC[C@H]1CN(C(C)C)CCN21. The van der Waals surface area contributed by atoms with Gasteiger partial charge in [-0.2, -0.15) is 0 Å². The molecule has 110 valence electrons. The van der Waals surface area contributed by atoms with Gasteiger partial charge in [0.25, 0.3) is 0 Å². The van der Waals surface area contributed by atoms with Crippen molar-refractivity contribution in [2.24, 2.45) is 0 Å². The predicted molar refractivity (Wildman–Crippen MR) is 78.7 cm³/mol. The lowest BCUT2D eigenvalue weighted by Gasteiger charge is -2.42. The fourth-order valence-electron chi connectivity index (χ4n) is 3.03. The summed E-state index contributed by atoms with van der Waals surface area (Å²) in [5.74, 6) is 2.57. The maximum atomic E-state index is 5.88. The molecule has 3 rings (SSSR count). The van der Waals surface area contributed by atoms with Gasteiger partial charge in [0.15, 0.2) is 11.6 Å². The number of hydrogen-bond donors (Lipinski definition) is 0. The smallest absolute Gasteiger partial charge is 0.171 e. The molecular weight excluding hydrogens is 254 g/mol. The van der Waals surface area contributed by atoms with Gasteiger partial charge in [-0.1, -0.05) is 0 Å². The van der Waals surface area contributed by atoms with Crippen LogP contribution >= 0.6 is 0 Å². The molecule has 0 aliphatic carbocycles. The fourth-order valence-corrected chi connectivity index (χ4v) is 3.03. The summed E-state index contributed by atoms with van der Waals surface area (Å²) in [4.78, 5) is 9.50. The van der Waals surface area contributed by atoms with Crippen molar-refractivity contribution in [1.82, 2.24) is 9.88 Å². The topological polar surface area (TPSA) is 37.8 Å². The Balaban J connectivity index is 1.86. The molecule has 0 N–H and O–H groups in total. The van der Waals surface area contributed by atoms with Gasteiger partial charge in [0.1, 0.15) is 5.75 Å². The molecule has 1 aromatic rings.